The number of carbonyl (C=O) groups excluding carboxylic acids is 3. The minimum Gasteiger partial charge on any atom is -0.462 e. The molecule has 0 aromatic heterocycles. The first-order valence-corrected chi connectivity index (χ1v) is 10.2. The Morgan fingerprint density at radius 3 is 2.03 bits per heavy atom. The Balaban J connectivity index is 1.80. The van der Waals surface area contributed by atoms with E-state index in [0.717, 1.165) is 0 Å². The third-order valence-electron chi connectivity index (χ3n) is 4.05. The van der Waals surface area contributed by atoms with Crippen molar-refractivity contribution in [2.24, 2.45) is 16.5 Å². The van der Waals surface area contributed by atoms with E-state index >= 15 is 0 Å². The predicted octanol–water partition coefficient (Wildman–Crippen LogP) is 1.53. The average molecular weight is 457 g/mol. The summed E-state index contributed by atoms with van der Waals surface area (Å²) in [4.78, 5) is 40.3. The number of hydrogen-bond acceptors (Lipinski definition) is 7. The van der Waals surface area contributed by atoms with Crippen LogP contribution in [0.1, 0.15) is 12.8 Å². The molecule has 176 valence electrons. The maximum absolute atomic E-state index is 12.5. The highest BCUT2D eigenvalue weighted by atomic mass is 16.6. The van der Waals surface area contributed by atoms with Gasteiger partial charge in [-0.25, -0.2) is 14.4 Å². The summed E-state index contributed by atoms with van der Waals surface area (Å²) in [6.07, 6.45) is -0.876. The minimum absolute atomic E-state index is 0.0204. The summed E-state index contributed by atoms with van der Waals surface area (Å²) in [5.41, 5.74) is 10.6. The second kappa shape index (κ2) is 13.9. The highest BCUT2D eigenvalue weighted by molar-refractivity contribution is 5.82. The van der Waals surface area contributed by atoms with Crippen molar-refractivity contribution in [1.29, 1.82) is 0 Å². The number of esters is 1. The molecule has 2 aromatic carbocycles. The fraction of sp³-hybridized carbons (Fsp3) is 0.273. The number of amides is 2. The number of nitrogens with zero attached hydrogens (tertiary/aromatic N) is 1. The Hall–Kier alpha value is -4.28. The lowest BCUT2D eigenvalue weighted by Gasteiger charge is -2.17. The van der Waals surface area contributed by atoms with Crippen LogP contribution in [0.2, 0.25) is 0 Å². The first-order valence-electron chi connectivity index (χ1n) is 10.2. The fourth-order valence-corrected chi connectivity index (χ4v) is 2.56. The Morgan fingerprint density at radius 2 is 1.45 bits per heavy atom. The lowest BCUT2D eigenvalue weighted by atomic mass is 10.1. The number of carbonyl (C=O) groups is 3. The van der Waals surface area contributed by atoms with Crippen LogP contribution in [0.5, 0.6) is 11.5 Å². The normalized spacial score (nSPS) is 10.9. The van der Waals surface area contributed by atoms with Crippen LogP contribution in [-0.2, 0) is 9.53 Å². The third-order valence-corrected chi connectivity index (χ3v) is 4.05. The highest BCUT2D eigenvalue weighted by Crippen LogP contribution is 2.10. The van der Waals surface area contributed by atoms with E-state index < -0.39 is 24.2 Å². The summed E-state index contributed by atoms with van der Waals surface area (Å²) in [6.45, 7) is 0.170. The number of benzene rings is 2. The van der Waals surface area contributed by atoms with E-state index in [-0.39, 0.29) is 32.1 Å². The predicted molar refractivity (Wildman–Crippen MR) is 121 cm³/mol. The standard InChI is InChI=1S/C22H27N5O6/c23-20(24)25-13-7-12-18(27-22(30)33-17-10-5-2-6-11-17)19(28)31-15-14-26-21(29)32-16-8-3-1-4-9-16/h1-6,8-11,18H,7,12-15H2,(H,26,29)(H,27,30)(H4,23,24,25)/t18-/m0/s1. The molecule has 0 bridgehead atoms. The molecular formula is C22H27N5O6. The van der Waals surface area contributed by atoms with Crippen LogP contribution in [0.15, 0.2) is 65.7 Å². The summed E-state index contributed by atoms with van der Waals surface area (Å²) in [5.74, 6) is -0.0558. The fourth-order valence-electron chi connectivity index (χ4n) is 2.56. The lowest BCUT2D eigenvalue weighted by Crippen LogP contribution is -2.44. The summed E-state index contributed by atoms with van der Waals surface area (Å²) in [7, 11) is 0. The molecule has 11 heteroatoms. The Bertz CT molecular complexity index is 919. The minimum atomic E-state index is -0.994. The molecular weight excluding hydrogens is 430 g/mol. The van der Waals surface area contributed by atoms with Crippen molar-refractivity contribution in [3.63, 3.8) is 0 Å². The monoisotopic (exact) mass is 457 g/mol. The molecule has 0 aliphatic rings. The number of hydrogen-bond donors (Lipinski definition) is 4. The second-order valence-corrected chi connectivity index (χ2v) is 6.65. The Labute approximate surface area is 191 Å². The Morgan fingerprint density at radius 1 is 0.879 bits per heavy atom. The van der Waals surface area contributed by atoms with Gasteiger partial charge < -0.3 is 36.3 Å². The van der Waals surface area contributed by atoms with Crippen molar-refractivity contribution in [2.75, 3.05) is 19.7 Å². The van der Waals surface area contributed by atoms with Gasteiger partial charge >= 0.3 is 18.2 Å². The smallest absolute Gasteiger partial charge is 0.413 e. The van der Waals surface area contributed by atoms with E-state index in [1.165, 1.54) is 0 Å². The summed E-state index contributed by atoms with van der Waals surface area (Å²) in [5, 5.41) is 4.94. The summed E-state index contributed by atoms with van der Waals surface area (Å²) in [6, 6.07) is 15.9. The van der Waals surface area contributed by atoms with Gasteiger partial charge in [0.2, 0.25) is 0 Å². The van der Waals surface area contributed by atoms with Gasteiger partial charge in [-0.1, -0.05) is 36.4 Å². The number of guanidine groups is 1. The van der Waals surface area contributed by atoms with Gasteiger partial charge in [-0.3, -0.25) is 4.99 Å². The maximum atomic E-state index is 12.5. The zero-order valence-corrected chi connectivity index (χ0v) is 17.9. The number of para-hydroxylation sites is 2. The van der Waals surface area contributed by atoms with E-state index in [1.807, 2.05) is 0 Å². The Kier molecular flexibility index (Phi) is 10.5. The third kappa shape index (κ3) is 10.5. The molecule has 11 nitrogen and oxygen atoms in total. The van der Waals surface area contributed by atoms with Crippen LogP contribution >= 0.6 is 0 Å². The van der Waals surface area contributed by atoms with E-state index in [4.69, 9.17) is 25.7 Å². The van der Waals surface area contributed by atoms with Crippen LogP contribution in [0.3, 0.4) is 0 Å². The van der Waals surface area contributed by atoms with Crippen LogP contribution in [-0.4, -0.2) is 49.9 Å². The van der Waals surface area contributed by atoms with E-state index in [1.54, 1.807) is 60.7 Å². The molecule has 33 heavy (non-hydrogen) atoms. The second-order valence-electron chi connectivity index (χ2n) is 6.65. The summed E-state index contributed by atoms with van der Waals surface area (Å²) < 4.78 is 15.4. The number of nitrogens with two attached hydrogens (primary N) is 2. The maximum Gasteiger partial charge on any atom is 0.413 e. The van der Waals surface area contributed by atoms with Gasteiger partial charge in [0, 0.05) is 6.54 Å². The largest absolute Gasteiger partial charge is 0.462 e. The molecule has 0 heterocycles. The van der Waals surface area contributed by atoms with Gasteiger partial charge in [0.1, 0.15) is 24.1 Å². The van der Waals surface area contributed by atoms with Crippen molar-refractivity contribution in [1.82, 2.24) is 10.6 Å². The number of nitrogens with one attached hydrogen (secondary N) is 2. The molecule has 2 aromatic rings. The molecule has 2 amide bonds. The molecule has 6 N–H and O–H groups in total. The van der Waals surface area contributed by atoms with Crippen LogP contribution in [0, 0.1) is 0 Å². The SMILES string of the molecule is NC(N)=NCCC[C@H](NC(=O)Oc1ccccc1)C(=O)OCCNC(=O)Oc1ccccc1. The topological polar surface area (TPSA) is 167 Å². The van der Waals surface area contributed by atoms with Crippen molar-refractivity contribution < 1.29 is 28.6 Å². The molecule has 0 radical (unpaired) electrons. The van der Waals surface area contributed by atoms with E-state index in [2.05, 4.69) is 15.6 Å². The van der Waals surface area contributed by atoms with E-state index in [0.29, 0.717) is 17.9 Å². The van der Waals surface area contributed by atoms with Crippen molar-refractivity contribution in [3.05, 3.63) is 60.7 Å². The van der Waals surface area contributed by atoms with Gasteiger partial charge in [0.25, 0.3) is 0 Å². The van der Waals surface area contributed by atoms with Crippen molar-refractivity contribution in [2.45, 2.75) is 18.9 Å². The van der Waals surface area contributed by atoms with Crippen LogP contribution in [0.25, 0.3) is 0 Å². The average Bonchev–Trinajstić information content (AvgIpc) is 2.79. The number of ether oxygens (including phenoxy) is 3. The zero-order chi connectivity index (χ0) is 23.9. The molecule has 0 fully saturated rings. The molecule has 1 atom stereocenters. The zero-order valence-electron chi connectivity index (χ0n) is 17.9. The molecule has 0 unspecified atom stereocenters. The summed E-state index contributed by atoms with van der Waals surface area (Å²) >= 11 is 0. The molecule has 0 aliphatic carbocycles. The van der Waals surface area contributed by atoms with Crippen molar-refractivity contribution in [3.8, 4) is 11.5 Å². The lowest BCUT2D eigenvalue weighted by molar-refractivity contribution is -0.146. The van der Waals surface area contributed by atoms with Gasteiger partial charge in [-0.2, -0.15) is 0 Å². The van der Waals surface area contributed by atoms with Gasteiger partial charge in [0.05, 0.1) is 6.54 Å². The van der Waals surface area contributed by atoms with Gasteiger partial charge in [0.15, 0.2) is 5.96 Å². The molecule has 0 saturated heterocycles. The van der Waals surface area contributed by atoms with Gasteiger partial charge in [-0.15, -0.1) is 0 Å². The quantitative estimate of drug-likeness (QED) is 0.170. The van der Waals surface area contributed by atoms with Crippen molar-refractivity contribution >= 4 is 24.1 Å². The molecule has 0 saturated carbocycles. The van der Waals surface area contributed by atoms with Gasteiger partial charge in [-0.05, 0) is 37.1 Å². The number of aliphatic imine (C=N–C) groups is 1. The first kappa shape index (κ1) is 25.0. The van der Waals surface area contributed by atoms with E-state index in [9.17, 15) is 14.4 Å². The molecule has 0 aliphatic heterocycles. The van der Waals surface area contributed by atoms with Crippen LogP contribution in [0.4, 0.5) is 9.59 Å². The molecule has 2 rings (SSSR count). The highest BCUT2D eigenvalue weighted by Gasteiger charge is 2.23. The van der Waals surface area contributed by atoms with Crippen LogP contribution < -0.4 is 31.6 Å². The first-order chi connectivity index (χ1) is 15.9. The number of rotatable bonds is 11. The molecule has 0 spiro atoms.